The molecule has 1 aromatic carbocycles. The van der Waals surface area contributed by atoms with Crippen molar-refractivity contribution in [3.05, 3.63) is 54.3 Å². The number of piperidine rings is 1. The summed E-state index contributed by atoms with van der Waals surface area (Å²) in [6, 6.07) is 8.99. The van der Waals surface area contributed by atoms with E-state index in [9.17, 15) is 14.0 Å². The maximum Gasteiger partial charge on any atom is 0.320 e. The summed E-state index contributed by atoms with van der Waals surface area (Å²) in [5.74, 6) is -1.58. The fourth-order valence-corrected chi connectivity index (χ4v) is 3.21. The van der Waals surface area contributed by atoms with Crippen LogP contribution < -0.4 is 15.5 Å². The lowest BCUT2D eigenvalue weighted by Gasteiger charge is -2.31. The summed E-state index contributed by atoms with van der Waals surface area (Å²) in [5, 5.41) is 21.9. The van der Waals surface area contributed by atoms with Crippen LogP contribution in [0.15, 0.2) is 47.0 Å². The molecule has 1 fully saturated rings. The average Bonchev–Trinajstić information content (AvgIpc) is 3.25. The van der Waals surface area contributed by atoms with Crippen LogP contribution in [-0.2, 0) is 4.79 Å². The highest BCUT2D eigenvalue weighted by atomic mass is 35.5. The first-order chi connectivity index (χ1) is 15.0. The third-order valence-corrected chi connectivity index (χ3v) is 4.89. The van der Waals surface area contributed by atoms with Crippen molar-refractivity contribution in [3.63, 3.8) is 0 Å². The van der Waals surface area contributed by atoms with Crippen molar-refractivity contribution in [1.82, 2.24) is 15.2 Å². The number of halogens is 2. The number of aliphatic carboxylic acids is 1. The van der Waals surface area contributed by atoms with Crippen molar-refractivity contribution in [1.29, 1.82) is 0 Å². The Morgan fingerprint density at radius 3 is 2.38 bits per heavy atom. The number of hydrogen-bond donors (Lipinski definition) is 3. The normalized spacial score (nSPS) is 13.8. The van der Waals surface area contributed by atoms with Crippen molar-refractivity contribution >= 4 is 47.5 Å². The van der Waals surface area contributed by atoms with Crippen LogP contribution in [0.5, 0.6) is 0 Å². The van der Waals surface area contributed by atoms with E-state index in [2.05, 4.69) is 25.8 Å². The topological polar surface area (TPSA) is 133 Å². The van der Waals surface area contributed by atoms with Gasteiger partial charge in [0.05, 0.1) is 17.8 Å². The summed E-state index contributed by atoms with van der Waals surface area (Å²) in [7, 11) is 0. The molecule has 3 aromatic rings. The number of carboxylic acid groups (broad SMARTS) is 1. The van der Waals surface area contributed by atoms with Gasteiger partial charge in [-0.3, -0.25) is 9.59 Å². The third-order valence-electron chi connectivity index (χ3n) is 4.89. The van der Waals surface area contributed by atoms with Gasteiger partial charge in [-0.05, 0) is 49.2 Å². The molecule has 1 aliphatic rings. The number of nitrogens with one attached hydrogen (secondary N) is 2. The van der Waals surface area contributed by atoms with Gasteiger partial charge >= 0.3 is 23.8 Å². The van der Waals surface area contributed by atoms with Crippen LogP contribution >= 0.6 is 12.4 Å². The number of pyridine rings is 1. The van der Waals surface area contributed by atoms with Gasteiger partial charge in [-0.1, -0.05) is 5.10 Å². The van der Waals surface area contributed by atoms with Gasteiger partial charge < -0.3 is 25.1 Å². The van der Waals surface area contributed by atoms with Gasteiger partial charge in [-0.2, -0.15) is 0 Å². The molecule has 0 saturated carbocycles. The van der Waals surface area contributed by atoms with E-state index >= 15 is 0 Å². The van der Waals surface area contributed by atoms with Gasteiger partial charge in [0.1, 0.15) is 11.6 Å². The predicted octanol–water partition coefficient (Wildman–Crippen LogP) is 3.32. The molecule has 1 aliphatic heterocycles. The highest BCUT2D eigenvalue weighted by Gasteiger charge is 2.25. The van der Waals surface area contributed by atoms with E-state index in [-0.39, 0.29) is 36.0 Å². The smallest absolute Gasteiger partial charge is 0.320 e. The molecule has 0 spiro atoms. The molecule has 10 nitrogen and oxygen atoms in total. The Hall–Kier alpha value is -3.73. The zero-order valence-corrected chi connectivity index (χ0v) is 17.5. The first kappa shape index (κ1) is 22.9. The van der Waals surface area contributed by atoms with E-state index < -0.39 is 11.9 Å². The lowest BCUT2D eigenvalue weighted by molar-refractivity contribution is -0.142. The van der Waals surface area contributed by atoms with Gasteiger partial charge in [0.15, 0.2) is 0 Å². The largest absolute Gasteiger partial charge is 0.481 e. The molecule has 0 aliphatic carbocycles. The Bertz CT molecular complexity index is 1070. The zero-order valence-electron chi connectivity index (χ0n) is 16.7. The Morgan fingerprint density at radius 1 is 1.06 bits per heavy atom. The minimum absolute atomic E-state index is 0. The van der Waals surface area contributed by atoms with E-state index in [0.717, 1.165) is 0 Å². The van der Waals surface area contributed by atoms with Gasteiger partial charge in [0.2, 0.25) is 0 Å². The van der Waals surface area contributed by atoms with Crippen molar-refractivity contribution < 1.29 is 23.5 Å². The second-order valence-corrected chi connectivity index (χ2v) is 7.00. The molecule has 0 bridgehead atoms. The lowest BCUT2D eigenvalue weighted by Crippen LogP contribution is -2.36. The molecule has 3 N–H and O–H groups in total. The number of aromatic nitrogens is 3. The fourth-order valence-electron chi connectivity index (χ4n) is 3.21. The van der Waals surface area contributed by atoms with E-state index in [1.165, 1.54) is 30.5 Å². The van der Waals surface area contributed by atoms with Crippen molar-refractivity contribution in [2.24, 2.45) is 5.92 Å². The van der Waals surface area contributed by atoms with E-state index in [1.54, 1.807) is 12.1 Å². The van der Waals surface area contributed by atoms with E-state index in [1.807, 2.05) is 4.90 Å². The molecule has 1 amide bonds. The summed E-state index contributed by atoms with van der Waals surface area (Å²) < 4.78 is 18.2. The number of carbonyl (C=O) groups is 2. The number of nitrogens with zero attached hydrogens (tertiary/aromatic N) is 4. The number of hydrogen-bond acceptors (Lipinski definition) is 8. The highest BCUT2D eigenvalue weighted by Crippen LogP contribution is 2.23. The summed E-state index contributed by atoms with van der Waals surface area (Å²) in [6.07, 6.45) is 2.65. The molecule has 0 radical (unpaired) electrons. The third kappa shape index (κ3) is 5.49. The summed E-state index contributed by atoms with van der Waals surface area (Å²) >= 11 is 0. The number of anilines is 4. The lowest BCUT2D eigenvalue weighted by atomic mass is 9.97. The second kappa shape index (κ2) is 10.1. The van der Waals surface area contributed by atoms with Gasteiger partial charge in [0.25, 0.3) is 0 Å². The molecule has 168 valence electrons. The van der Waals surface area contributed by atoms with Crippen molar-refractivity contribution in [2.45, 2.75) is 12.8 Å². The van der Waals surface area contributed by atoms with E-state index in [0.29, 0.717) is 43.1 Å². The Labute approximate surface area is 188 Å². The standard InChI is InChI=1S/C20H19FN6O4.ClH/c21-13-1-3-14(4-2-13)24-20-26-25-18(31-20)17(28)23-15-5-6-16(22-11-15)27-9-7-12(8-10-27)19(29)30;/h1-6,11-12H,7-10H2,(H,23,28)(H,24,26)(H,29,30);1H. The molecule has 4 rings (SSSR count). The first-order valence-electron chi connectivity index (χ1n) is 9.59. The van der Waals surface area contributed by atoms with Crippen LogP contribution in [0.4, 0.5) is 27.6 Å². The fraction of sp³-hybridized carbons (Fsp3) is 0.250. The molecule has 0 unspecified atom stereocenters. The predicted molar refractivity (Wildman–Crippen MR) is 116 cm³/mol. The summed E-state index contributed by atoms with van der Waals surface area (Å²) in [5.41, 5.74) is 0.976. The van der Waals surface area contributed by atoms with Gasteiger partial charge in [0, 0.05) is 18.8 Å². The number of carbonyl (C=O) groups excluding carboxylic acids is 1. The van der Waals surface area contributed by atoms with Crippen LogP contribution in [0.25, 0.3) is 0 Å². The minimum Gasteiger partial charge on any atom is -0.481 e. The SMILES string of the molecule is Cl.O=C(Nc1ccc(N2CCC(C(=O)O)CC2)nc1)c1nnc(Nc2ccc(F)cc2)o1. The Balaban J connectivity index is 0.00000289. The number of benzene rings is 1. The van der Waals surface area contributed by atoms with Crippen molar-refractivity contribution in [2.75, 3.05) is 28.6 Å². The van der Waals surface area contributed by atoms with Crippen LogP contribution in [0.2, 0.25) is 0 Å². The van der Waals surface area contributed by atoms with Gasteiger partial charge in [-0.15, -0.1) is 17.5 Å². The Kier molecular flexibility index (Phi) is 7.21. The number of amides is 1. The molecule has 0 atom stereocenters. The average molecular weight is 463 g/mol. The quantitative estimate of drug-likeness (QED) is 0.504. The second-order valence-electron chi connectivity index (χ2n) is 7.00. The minimum atomic E-state index is -0.761. The molecular formula is C20H20ClFN6O4. The van der Waals surface area contributed by atoms with Crippen LogP contribution in [-0.4, -0.2) is 45.3 Å². The maximum atomic E-state index is 13.0. The highest BCUT2D eigenvalue weighted by molar-refractivity contribution is 6.00. The monoisotopic (exact) mass is 462 g/mol. The molecule has 3 heterocycles. The Morgan fingerprint density at radius 2 is 1.75 bits per heavy atom. The number of rotatable bonds is 6. The van der Waals surface area contributed by atoms with E-state index in [4.69, 9.17) is 9.52 Å². The molecule has 12 heteroatoms. The van der Waals surface area contributed by atoms with Crippen molar-refractivity contribution in [3.8, 4) is 0 Å². The summed E-state index contributed by atoms with van der Waals surface area (Å²) in [6.45, 7) is 1.23. The summed E-state index contributed by atoms with van der Waals surface area (Å²) in [4.78, 5) is 29.7. The van der Waals surface area contributed by atoms with Crippen LogP contribution in [0.3, 0.4) is 0 Å². The van der Waals surface area contributed by atoms with Gasteiger partial charge in [-0.25, -0.2) is 9.37 Å². The van der Waals surface area contributed by atoms with Crippen LogP contribution in [0, 0.1) is 11.7 Å². The molecule has 1 saturated heterocycles. The van der Waals surface area contributed by atoms with Crippen LogP contribution in [0.1, 0.15) is 23.5 Å². The maximum absolute atomic E-state index is 13.0. The molecule has 32 heavy (non-hydrogen) atoms. The molecular weight excluding hydrogens is 443 g/mol. The molecule has 2 aromatic heterocycles. The zero-order chi connectivity index (χ0) is 21.8. The number of carboxylic acids is 1. The first-order valence-corrected chi connectivity index (χ1v) is 9.59.